The van der Waals surface area contributed by atoms with Gasteiger partial charge in [-0.25, -0.2) is 0 Å². The summed E-state index contributed by atoms with van der Waals surface area (Å²) in [5.41, 5.74) is 0. The Bertz CT molecular complexity index is 423. The molecule has 0 aliphatic rings. The largest absolute Gasteiger partial charge is 0.508 e. The van der Waals surface area contributed by atoms with E-state index in [0.717, 1.165) is 4.68 Å². The second-order valence-electron chi connectivity index (χ2n) is 2.48. The van der Waals surface area contributed by atoms with E-state index >= 15 is 0 Å². The summed E-state index contributed by atoms with van der Waals surface area (Å²) in [7, 11) is 0. The summed E-state index contributed by atoms with van der Waals surface area (Å²) in [4.78, 5) is 22.2. The maximum atomic E-state index is 10.5. The smallest absolute Gasteiger partial charge is 0.390 e. The number of allylic oxidation sites excluding steroid dienone is 2. The van der Waals surface area contributed by atoms with Crippen LogP contribution in [0.3, 0.4) is 0 Å². The average molecular weight is 213 g/mol. The summed E-state index contributed by atoms with van der Waals surface area (Å²) in [5.74, 6) is -1.41. The van der Waals surface area contributed by atoms with Gasteiger partial charge in [0.15, 0.2) is 0 Å². The number of hydrogen-bond acceptors (Lipinski definition) is 6. The lowest BCUT2D eigenvalue weighted by atomic mass is 10.5. The third kappa shape index (κ3) is 2.33. The van der Waals surface area contributed by atoms with E-state index in [1.807, 2.05) is 0 Å². The first-order valence-corrected chi connectivity index (χ1v) is 3.91. The molecule has 0 atom stereocenters. The number of nitrogens with zero attached hydrogens (tertiary/aromatic N) is 5. The fraction of sp³-hybridized carbons (Fsp3) is 0.333. The molecule has 0 saturated carbocycles. The van der Waals surface area contributed by atoms with Gasteiger partial charge in [0.25, 0.3) is 0 Å². The van der Waals surface area contributed by atoms with Gasteiger partial charge in [0.2, 0.25) is 0 Å². The monoisotopic (exact) mass is 213 g/mol. The van der Waals surface area contributed by atoms with Crippen LogP contribution in [0, 0.1) is 20.2 Å². The van der Waals surface area contributed by atoms with Crippen molar-refractivity contribution in [3.8, 4) is 0 Å². The van der Waals surface area contributed by atoms with Crippen molar-refractivity contribution in [3.63, 3.8) is 0 Å². The van der Waals surface area contributed by atoms with E-state index in [0.29, 0.717) is 0 Å². The summed E-state index contributed by atoms with van der Waals surface area (Å²) < 4.78 is 0.859. The zero-order valence-corrected chi connectivity index (χ0v) is 7.73. The minimum atomic E-state index is -0.876. The Kier molecular flexibility index (Phi) is 3.06. The molecule has 1 heterocycles. The molecule has 80 valence electrons. The average Bonchev–Trinajstić information content (AvgIpc) is 2.58. The molecular weight excluding hydrogens is 206 g/mol. The lowest BCUT2D eigenvalue weighted by Crippen LogP contribution is -2.03. The zero-order chi connectivity index (χ0) is 11.4. The molecule has 1 rings (SSSR count). The molecule has 0 amide bonds. The topological polar surface area (TPSA) is 117 Å². The molecule has 0 aliphatic heterocycles. The highest BCUT2D eigenvalue weighted by Crippen LogP contribution is 2.12. The van der Waals surface area contributed by atoms with Crippen LogP contribution < -0.4 is 0 Å². The van der Waals surface area contributed by atoms with Crippen LogP contribution in [0.15, 0.2) is 12.2 Å². The van der Waals surface area contributed by atoms with Gasteiger partial charge in [0.1, 0.15) is 6.54 Å². The second kappa shape index (κ2) is 4.26. The van der Waals surface area contributed by atoms with Gasteiger partial charge in [-0.2, -0.15) is 0 Å². The quantitative estimate of drug-likeness (QED) is 0.412. The zero-order valence-electron chi connectivity index (χ0n) is 7.73. The highest BCUT2D eigenvalue weighted by atomic mass is 16.6. The molecule has 1 aromatic rings. The van der Waals surface area contributed by atoms with Gasteiger partial charge >= 0.3 is 11.9 Å². The van der Waals surface area contributed by atoms with E-state index in [9.17, 15) is 20.2 Å². The van der Waals surface area contributed by atoms with Crippen LogP contribution in [0.4, 0.5) is 11.9 Å². The van der Waals surface area contributed by atoms with Gasteiger partial charge in [-0.3, -0.25) is 0 Å². The molecule has 0 bridgehead atoms. The van der Waals surface area contributed by atoms with Crippen molar-refractivity contribution in [3.05, 3.63) is 32.4 Å². The SMILES string of the molecule is CC=CCn1nc([N+](=O)[O-])nc1[N+](=O)[O-]. The van der Waals surface area contributed by atoms with Gasteiger partial charge in [-0.05, 0) is 16.8 Å². The molecular formula is C6H7N5O4. The van der Waals surface area contributed by atoms with Gasteiger partial charge in [0.05, 0.1) is 5.10 Å². The van der Waals surface area contributed by atoms with Gasteiger partial charge in [0, 0.05) is 4.98 Å². The fourth-order valence-electron chi connectivity index (χ4n) is 0.862. The van der Waals surface area contributed by atoms with Crippen molar-refractivity contribution in [2.24, 2.45) is 0 Å². The molecule has 1 aromatic heterocycles. The maximum Gasteiger partial charge on any atom is 0.508 e. The molecule has 0 fully saturated rings. The Morgan fingerprint density at radius 3 is 2.53 bits per heavy atom. The molecule has 0 unspecified atom stereocenters. The lowest BCUT2D eigenvalue weighted by Gasteiger charge is -1.90. The summed E-state index contributed by atoms with van der Waals surface area (Å²) >= 11 is 0. The first-order chi connectivity index (χ1) is 7.06. The molecule has 9 nitrogen and oxygen atoms in total. The van der Waals surface area contributed by atoms with Crippen molar-refractivity contribution in [1.82, 2.24) is 14.8 Å². The van der Waals surface area contributed by atoms with Crippen molar-refractivity contribution >= 4 is 11.9 Å². The Hall–Kier alpha value is -2.32. The summed E-state index contributed by atoms with van der Waals surface area (Å²) in [6, 6.07) is 0. The van der Waals surface area contributed by atoms with E-state index in [2.05, 4.69) is 10.1 Å². The Morgan fingerprint density at radius 2 is 2.07 bits per heavy atom. The summed E-state index contributed by atoms with van der Waals surface area (Å²) in [6.07, 6.45) is 3.22. The van der Waals surface area contributed by atoms with Crippen molar-refractivity contribution in [1.29, 1.82) is 0 Å². The van der Waals surface area contributed by atoms with E-state index in [4.69, 9.17) is 0 Å². The predicted octanol–water partition coefficient (Wildman–Crippen LogP) is 0.671. The molecule has 0 N–H and O–H groups in total. The fourth-order valence-corrected chi connectivity index (χ4v) is 0.862. The van der Waals surface area contributed by atoms with Crippen LogP contribution in [0.2, 0.25) is 0 Å². The second-order valence-corrected chi connectivity index (χ2v) is 2.48. The number of aromatic nitrogens is 3. The first kappa shape index (κ1) is 10.8. The van der Waals surface area contributed by atoms with Gasteiger partial charge < -0.3 is 20.2 Å². The molecule has 9 heteroatoms. The number of hydrogen-bond donors (Lipinski definition) is 0. The maximum absolute atomic E-state index is 10.5. The first-order valence-electron chi connectivity index (χ1n) is 3.91. The molecule has 0 spiro atoms. The van der Waals surface area contributed by atoms with Gasteiger partial charge in [-0.1, -0.05) is 16.8 Å². The van der Waals surface area contributed by atoms with Crippen molar-refractivity contribution < 1.29 is 9.85 Å². The Labute approximate surface area is 83.3 Å². The van der Waals surface area contributed by atoms with E-state index in [1.165, 1.54) is 0 Å². The van der Waals surface area contributed by atoms with E-state index < -0.39 is 21.7 Å². The van der Waals surface area contributed by atoms with Crippen LogP contribution in [-0.2, 0) is 6.54 Å². The van der Waals surface area contributed by atoms with Crippen LogP contribution in [0.1, 0.15) is 6.92 Å². The van der Waals surface area contributed by atoms with E-state index in [1.54, 1.807) is 19.1 Å². The molecule has 0 radical (unpaired) electrons. The van der Waals surface area contributed by atoms with Crippen LogP contribution in [-0.4, -0.2) is 24.6 Å². The number of nitro groups is 2. The van der Waals surface area contributed by atoms with Crippen LogP contribution in [0.5, 0.6) is 0 Å². The Balaban J connectivity index is 3.11. The van der Waals surface area contributed by atoms with Crippen molar-refractivity contribution in [2.45, 2.75) is 13.5 Å². The third-order valence-electron chi connectivity index (χ3n) is 1.48. The van der Waals surface area contributed by atoms with Crippen molar-refractivity contribution in [2.75, 3.05) is 0 Å². The molecule has 15 heavy (non-hydrogen) atoms. The predicted molar refractivity (Wildman–Crippen MR) is 48.1 cm³/mol. The molecule has 0 aromatic carbocycles. The standard InChI is InChI=1S/C6H7N5O4/c1-2-3-4-9-6(11(14)15)7-5(8-9)10(12)13/h2-3H,4H2,1H3. The van der Waals surface area contributed by atoms with E-state index in [-0.39, 0.29) is 6.54 Å². The lowest BCUT2D eigenvalue weighted by molar-refractivity contribution is -0.403. The minimum Gasteiger partial charge on any atom is -0.390 e. The van der Waals surface area contributed by atoms with Crippen LogP contribution >= 0.6 is 0 Å². The highest BCUT2D eigenvalue weighted by molar-refractivity contribution is 5.14. The number of rotatable bonds is 4. The molecule has 0 aliphatic carbocycles. The summed E-state index contributed by atoms with van der Waals surface area (Å²) in [6.45, 7) is 1.80. The molecule has 0 saturated heterocycles. The van der Waals surface area contributed by atoms with Crippen LogP contribution in [0.25, 0.3) is 0 Å². The highest BCUT2D eigenvalue weighted by Gasteiger charge is 2.27. The minimum absolute atomic E-state index is 0.0770. The summed E-state index contributed by atoms with van der Waals surface area (Å²) in [5, 5.41) is 24.1. The Morgan fingerprint density at radius 1 is 1.40 bits per heavy atom. The van der Waals surface area contributed by atoms with Gasteiger partial charge in [-0.15, -0.1) is 0 Å². The normalized spacial score (nSPS) is 10.7. The third-order valence-corrected chi connectivity index (χ3v) is 1.48.